The molecule has 0 aliphatic rings. The Hall–Kier alpha value is -3.21. The van der Waals surface area contributed by atoms with Gasteiger partial charge in [0, 0.05) is 17.8 Å². The second-order valence-electron chi connectivity index (χ2n) is 7.66. The van der Waals surface area contributed by atoms with E-state index in [1.54, 1.807) is 13.2 Å². The van der Waals surface area contributed by atoms with E-state index >= 15 is 0 Å². The number of aromatic nitrogens is 3. The number of rotatable bonds is 9. The number of alkyl halides is 3. The number of benzene rings is 2. The van der Waals surface area contributed by atoms with Gasteiger partial charge in [-0.3, -0.25) is 4.79 Å². The van der Waals surface area contributed by atoms with Crippen LogP contribution in [0.3, 0.4) is 0 Å². The van der Waals surface area contributed by atoms with E-state index in [1.807, 2.05) is 43.5 Å². The molecule has 0 saturated carbocycles. The fourth-order valence-electron chi connectivity index (χ4n) is 3.15. The molecule has 3 rings (SSSR count). The molecule has 34 heavy (non-hydrogen) atoms. The minimum Gasteiger partial charge on any atom is -0.497 e. The van der Waals surface area contributed by atoms with E-state index < -0.39 is 17.8 Å². The number of nitrogens with zero attached hydrogens (tertiary/aromatic N) is 3. The smallest absolute Gasteiger partial charge is 0.416 e. The lowest BCUT2D eigenvalue weighted by molar-refractivity contribution is -0.137. The Morgan fingerprint density at radius 3 is 2.38 bits per heavy atom. The van der Waals surface area contributed by atoms with Gasteiger partial charge < -0.3 is 19.4 Å². The van der Waals surface area contributed by atoms with Crippen LogP contribution in [0, 0.1) is 0 Å². The Balaban J connectivity index is 1.65. The second kappa shape index (κ2) is 10.8. The van der Waals surface area contributed by atoms with E-state index in [0.29, 0.717) is 22.5 Å². The van der Waals surface area contributed by atoms with Crippen LogP contribution in [0.2, 0.25) is 0 Å². The zero-order chi connectivity index (χ0) is 24.9. The molecule has 7 nitrogen and oxygen atoms in total. The summed E-state index contributed by atoms with van der Waals surface area (Å²) in [5, 5.41) is 11.6. The molecule has 1 N–H and O–H groups in total. The van der Waals surface area contributed by atoms with E-state index in [4.69, 9.17) is 9.47 Å². The van der Waals surface area contributed by atoms with Crippen molar-refractivity contribution in [2.75, 3.05) is 18.2 Å². The Morgan fingerprint density at radius 1 is 1.09 bits per heavy atom. The van der Waals surface area contributed by atoms with E-state index in [2.05, 4.69) is 15.5 Å². The Bertz CT molecular complexity index is 1120. The van der Waals surface area contributed by atoms with Gasteiger partial charge in [0.15, 0.2) is 17.1 Å². The molecule has 182 valence electrons. The molecule has 0 saturated heterocycles. The molecule has 1 unspecified atom stereocenters. The number of carbonyl (C=O) groups excluding carboxylic acids is 1. The lowest BCUT2D eigenvalue weighted by Gasteiger charge is -2.19. The van der Waals surface area contributed by atoms with E-state index in [9.17, 15) is 18.0 Å². The van der Waals surface area contributed by atoms with Gasteiger partial charge in [0.05, 0.1) is 18.4 Å². The first-order chi connectivity index (χ1) is 16.1. The van der Waals surface area contributed by atoms with Gasteiger partial charge >= 0.3 is 6.18 Å². The van der Waals surface area contributed by atoms with Crippen LogP contribution in [0.25, 0.3) is 0 Å². The molecular weight excluding hydrogens is 469 g/mol. The first-order valence-electron chi connectivity index (χ1n) is 10.4. The predicted molar refractivity (Wildman–Crippen MR) is 123 cm³/mol. The topological polar surface area (TPSA) is 78.3 Å². The summed E-state index contributed by atoms with van der Waals surface area (Å²) < 4.78 is 51.2. The highest BCUT2D eigenvalue weighted by atomic mass is 32.2. The van der Waals surface area contributed by atoms with Gasteiger partial charge in [-0.05, 0) is 57.2 Å². The average Bonchev–Trinajstić information content (AvgIpc) is 3.22. The molecule has 2 aromatic carbocycles. The molecule has 0 aliphatic heterocycles. The number of anilines is 1. The molecule has 1 heterocycles. The van der Waals surface area contributed by atoms with Crippen molar-refractivity contribution >= 4 is 23.4 Å². The third-order valence-corrected chi connectivity index (χ3v) is 5.70. The first-order valence-corrected chi connectivity index (χ1v) is 11.4. The van der Waals surface area contributed by atoms with E-state index in [0.717, 1.165) is 12.1 Å². The van der Waals surface area contributed by atoms with Crippen molar-refractivity contribution in [2.45, 2.75) is 44.2 Å². The van der Waals surface area contributed by atoms with Crippen LogP contribution in [0.15, 0.2) is 53.7 Å². The number of nitrogens with one attached hydrogen (secondary N) is 1. The molecule has 1 aromatic heterocycles. The van der Waals surface area contributed by atoms with Crippen molar-refractivity contribution in [3.05, 3.63) is 59.9 Å². The van der Waals surface area contributed by atoms with Gasteiger partial charge in [0.1, 0.15) is 11.5 Å². The molecule has 0 spiro atoms. The highest BCUT2D eigenvalue weighted by molar-refractivity contribution is 7.99. The Morgan fingerprint density at radius 2 is 1.76 bits per heavy atom. The maximum Gasteiger partial charge on any atom is 0.416 e. The van der Waals surface area contributed by atoms with Crippen molar-refractivity contribution in [1.82, 2.24) is 14.8 Å². The number of thioether (sulfide) groups is 1. The minimum atomic E-state index is -4.43. The van der Waals surface area contributed by atoms with Crippen LogP contribution < -0.4 is 14.8 Å². The summed E-state index contributed by atoms with van der Waals surface area (Å²) in [5.74, 6) is 1.53. The summed E-state index contributed by atoms with van der Waals surface area (Å²) in [5.41, 5.74) is -0.493. The number of ether oxygens (including phenoxy) is 2. The highest BCUT2D eigenvalue weighted by Gasteiger charge is 2.30. The minimum absolute atomic E-state index is 0.00170. The molecule has 0 radical (unpaired) electrons. The molecule has 0 bridgehead atoms. The van der Waals surface area contributed by atoms with Crippen LogP contribution in [0.4, 0.5) is 18.9 Å². The zero-order valence-corrected chi connectivity index (χ0v) is 19.9. The monoisotopic (exact) mass is 494 g/mol. The van der Waals surface area contributed by atoms with Crippen molar-refractivity contribution in [2.24, 2.45) is 0 Å². The van der Waals surface area contributed by atoms with Crippen molar-refractivity contribution in [1.29, 1.82) is 0 Å². The summed E-state index contributed by atoms with van der Waals surface area (Å²) in [7, 11) is 1.58. The normalized spacial score (nSPS) is 12.5. The number of amides is 1. The lowest BCUT2D eigenvalue weighted by Crippen LogP contribution is -2.16. The number of carbonyl (C=O) groups is 1. The Labute approximate surface area is 199 Å². The molecule has 1 amide bonds. The van der Waals surface area contributed by atoms with Crippen LogP contribution in [0.1, 0.15) is 44.3 Å². The SMILES string of the molecule is COc1cccc(OC(C)c2nnc(SCC(=O)Nc3ccc(C(F)(F)F)cc3)n2C(C)C)c1. The second-order valence-corrected chi connectivity index (χ2v) is 8.60. The number of hydrogen-bond donors (Lipinski definition) is 1. The Kier molecular flexibility index (Phi) is 8.08. The molecule has 0 fully saturated rings. The summed E-state index contributed by atoms with van der Waals surface area (Å²) in [6.07, 6.45) is -4.85. The number of halogens is 3. The van der Waals surface area contributed by atoms with Gasteiger partial charge in [0.25, 0.3) is 0 Å². The van der Waals surface area contributed by atoms with Crippen LogP contribution >= 0.6 is 11.8 Å². The van der Waals surface area contributed by atoms with Crippen molar-refractivity contribution in [3.63, 3.8) is 0 Å². The van der Waals surface area contributed by atoms with Crippen LogP contribution in [-0.4, -0.2) is 33.5 Å². The largest absolute Gasteiger partial charge is 0.497 e. The quantitative estimate of drug-likeness (QED) is 0.381. The summed E-state index contributed by atoms with van der Waals surface area (Å²) in [6, 6.07) is 11.5. The fraction of sp³-hybridized carbons (Fsp3) is 0.348. The maximum atomic E-state index is 12.7. The molecular formula is C23H25F3N4O3S. The predicted octanol–water partition coefficient (Wildman–Crippen LogP) is 5.76. The summed E-state index contributed by atoms with van der Waals surface area (Å²) in [6.45, 7) is 5.79. The van der Waals surface area contributed by atoms with E-state index in [1.165, 1.54) is 23.9 Å². The number of methoxy groups -OCH3 is 1. The molecule has 11 heteroatoms. The lowest BCUT2D eigenvalue weighted by atomic mass is 10.2. The van der Waals surface area contributed by atoms with Crippen molar-refractivity contribution in [3.8, 4) is 11.5 Å². The molecule has 3 aromatic rings. The fourth-order valence-corrected chi connectivity index (χ4v) is 4.02. The first kappa shape index (κ1) is 25.4. The van der Waals surface area contributed by atoms with Gasteiger partial charge in [-0.25, -0.2) is 0 Å². The zero-order valence-electron chi connectivity index (χ0n) is 19.1. The van der Waals surface area contributed by atoms with Crippen molar-refractivity contribution < 1.29 is 27.4 Å². The standard InChI is InChI=1S/C23H25F3N4O3S/c1-14(2)30-21(15(3)33-19-7-5-6-18(12-19)32-4)28-29-22(30)34-13-20(31)27-17-10-8-16(9-11-17)23(24,25)26/h5-12,14-15H,13H2,1-4H3,(H,27,31). The maximum absolute atomic E-state index is 12.7. The summed E-state index contributed by atoms with van der Waals surface area (Å²) >= 11 is 1.18. The third kappa shape index (κ3) is 6.43. The third-order valence-electron chi connectivity index (χ3n) is 4.75. The average molecular weight is 495 g/mol. The van der Waals surface area contributed by atoms with Gasteiger partial charge in [-0.2, -0.15) is 13.2 Å². The molecule has 0 aliphatic carbocycles. The van der Waals surface area contributed by atoms with Gasteiger partial charge in [0.2, 0.25) is 5.91 Å². The van der Waals surface area contributed by atoms with Crippen LogP contribution in [0.5, 0.6) is 11.5 Å². The summed E-state index contributed by atoms with van der Waals surface area (Å²) in [4.78, 5) is 12.3. The highest BCUT2D eigenvalue weighted by Crippen LogP contribution is 2.31. The van der Waals surface area contributed by atoms with Gasteiger partial charge in [-0.1, -0.05) is 17.8 Å². The molecule has 1 atom stereocenters. The number of hydrogen-bond acceptors (Lipinski definition) is 6. The van der Waals surface area contributed by atoms with E-state index in [-0.39, 0.29) is 23.4 Å². The van der Waals surface area contributed by atoms with Crippen LogP contribution in [-0.2, 0) is 11.0 Å². The van der Waals surface area contributed by atoms with Gasteiger partial charge in [-0.15, -0.1) is 10.2 Å².